The summed E-state index contributed by atoms with van der Waals surface area (Å²) in [6, 6.07) is 9.44. The quantitative estimate of drug-likeness (QED) is 0.727. The highest BCUT2D eigenvalue weighted by atomic mass is 16.5. The summed E-state index contributed by atoms with van der Waals surface area (Å²) in [6.45, 7) is 3.28. The molecule has 1 fully saturated rings. The molecular formula is C22H24N2O5. The topological polar surface area (TPSA) is 77.8 Å². The monoisotopic (exact) mass is 396 g/mol. The van der Waals surface area contributed by atoms with Crippen molar-refractivity contribution in [3.63, 3.8) is 0 Å². The number of pyridine rings is 1. The Bertz CT molecular complexity index is 983. The van der Waals surface area contributed by atoms with Crippen LogP contribution >= 0.6 is 0 Å². The summed E-state index contributed by atoms with van der Waals surface area (Å²) in [4.78, 5) is 40.6. The van der Waals surface area contributed by atoms with E-state index in [2.05, 4.69) is 0 Å². The second-order valence-electron chi connectivity index (χ2n) is 7.33. The van der Waals surface area contributed by atoms with Crippen molar-refractivity contribution in [1.29, 1.82) is 0 Å². The summed E-state index contributed by atoms with van der Waals surface area (Å²) in [6.07, 6.45) is 4.03. The van der Waals surface area contributed by atoms with Crippen molar-refractivity contribution in [3.05, 3.63) is 63.6 Å². The second kappa shape index (κ2) is 8.11. The van der Waals surface area contributed by atoms with E-state index < -0.39 is 11.4 Å². The number of ether oxygens (including phenoxy) is 2. The van der Waals surface area contributed by atoms with Gasteiger partial charge in [0.1, 0.15) is 12.2 Å². The number of benzene rings is 1. The molecule has 1 saturated heterocycles. The average molecular weight is 396 g/mol. The summed E-state index contributed by atoms with van der Waals surface area (Å²) in [7, 11) is 0. The molecule has 1 amide bonds. The van der Waals surface area contributed by atoms with Crippen LogP contribution in [0.3, 0.4) is 0 Å². The standard InChI is InChI=1S/C22H24N2O5/c1-2-28-22(27)17-13-24-16-9-6-11-23(12-10-16)21(26)18(24)20(19(17)25)29-14-15-7-4-3-5-8-15/h3-5,7-8,13,16H,2,6,9-12,14H2,1H3. The molecule has 1 aromatic carbocycles. The van der Waals surface area contributed by atoms with Gasteiger partial charge in [0.15, 0.2) is 11.4 Å². The molecule has 0 spiro atoms. The zero-order valence-corrected chi connectivity index (χ0v) is 16.4. The fourth-order valence-corrected chi connectivity index (χ4v) is 4.03. The molecule has 29 heavy (non-hydrogen) atoms. The molecule has 0 saturated carbocycles. The molecule has 4 rings (SSSR count). The van der Waals surface area contributed by atoms with Gasteiger partial charge >= 0.3 is 5.97 Å². The minimum Gasteiger partial charge on any atom is -0.483 e. The lowest BCUT2D eigenvalue weighted by Crippen LogP contribution is -2.35. The number of aromatic nitrogens is 1. The Morgan fingerprint density at radius 1 is 1.14 bits per heavy atom. The Hall–Kier alpha value is -3.09. The second-order valence-corrected chi connectivity index (χ2v) is 7.33. The third kappa shape index (κ3) is 3.64. The Labute approximate surface area is 168 Å². The lowest BCUT2D eigenvalue weighted by atomic mass is 10.1. The predicted molar refractivity (Wildman–Crippen MR) is 106 cm³/mol. The van der Waals surface area contributed by atoms with E-state index in [4.69, 9.17) is 9.47 Å². The number of carbonyl (C=O) groups is 2. The Kier molecular flexibility index (Phi) is 5.38. The van der Waals surface area contributed by atoms with Crippen LogP contribution in [0.1, 0.15) is 58.6 Å². The van der Waals surface area contributed by atoms with Gasteiger partial charge < -0.3 is 18.9 Å². The molecule has 0 radical (unpaired) electrons. The zero-order valence-electron chi connectivity index (χ0n) is 16.4. The first-order valence-corrected chi connectivity index (χ1v) is 10.0. The highest BCUT2D eigenvalue weighted by Crippen LogP contribution is 2.33. The average Bonchev–Trinajstić information content (AvgIpc) is 3.04. The number of hydrogen-bond acceptors (Lipinski definition) is 5. The van der Waals surface area contributed by atoms with Crippen molar-refractivity contribution in [3.8, 4) is 5.75 Å². The van der Waals surface area contributed by atoms with E-state index in [0.29, 0.717) is 13.1 Å². The minimum atomic E-state index is -0.693. The van der Waals surface area contributed by atoms with Crippen LogP contribution in [0, 0.1) is 0 Å². The lowest BCUT2D eigenvalue weighted by molar-refractivity contribution is 0.0521. The van der Waals surface area contributed by atoms with Gasteiger partial charge in [-0.05, 0) is 31.7 Å². The largest absolute Gasteiger partial charge is 0.483 e. The maximum absolute atomic E-state index is 13.2. The first-order valence-electron chi connectivity index (χ1n) is 10.0. The van der Waals surface area contributed by atoms with Crippen LogP contribution in [0.5, 0.6) is 5.75 Å². The maximum Gasteiger partial charge on any atom is 0.343 e. The van der Waals surface area contributed by atoms with Crippen LogP contribution in [0.15, 0.2) is 41.3 Å². The van der Waals surface area contributed by atoms with E-state index in [-0.39, 0.29) is 42.2 Å². The zero-order chi connectivity index (χ0) is 20.4. The Morgan fingerprint density at radius 3 is 2.69 bits per heavy atom. The number of esters is 1. The van der Waals surface area contributed by atoms with Gasteiger partial charge in [-0.2, -0.15) is 0 Å². The van der Waals surface area contributed by atoms with Gasteiger partial charge in [-0.15, -0.1) is 0 Å². The summed E-state index contributed by atoms with van der Waals surface area (Å²) >= 11 is 0. The van der Waals surface area contributed by atoms with Gasteiger partial charge in [-0.25, -0.2) is 4.79 Å². The molecule has 1 aromatic heterocycles. The van der Waals surface area contributed by atoms with E-state index in [9.17, 15) is 14.4 Å². The third-order valence-electron chi connectivity index (χ3n) is 5.49. The first-order chi connectivity index (χ1) is 14.1. The molecule has 7 heteroatoms. The predicted octanol–water partition coefficient (Wildman–Crippen LogP) is 2.78. The molecule has 152 valence electrons. The number of fused-ring (bicyclic) bond motifs is 5. The number of rotatable bonds is 5. The van der Waals surface area contributed by atoms with Gasteiger partial charge in [-0.3, -0.25) is 9.59 Å². The van der Waals surface area contributed by atoms with Crippen molar-refractivity contribution in [2.24, 2.45) is 0 Å². The smallest absolute Gasteiger partial charge is 0.343 e. The maximum atomic E-state index is 13.2. The molecule has 0 N–H and O–H groups in total. The van der Waals surface area contributed by atoms with Gasteiger partial charge in [0, 0.05) is 25.3 Å². The molecule has 0 aliphatic carbocycles. The normalized spacial score (nSPS) is 18.0. The summed E-state index contributed by atoms with van der Waals surface area (Å²) in [5.74, 6) is -0.979. The van der Waals surface area contributed by atoms with Gasteiger partial charge in [0.25, 0.3) is 5.91 Å². The highest BCUT2D eigenvalue weighted by molar-refractivity contribution is 5.97. The van der Waals surface area contributed by atoms with Crippen LogP contribution in [-0.4, -0.2) is 41.0 Å². The molecule has 1 unspecified atom stereocenters. The molecule has 3 heterocycles. The van der Waals surface area contributed by atoms with E-state index >= 15 is 0 Å². The highest BCUT2D eigenvalue weighted by Gasteiger charge is 2.35. The fraction of sp³-hybridized carbons (Fsp3) is 0.409. The van der Waals surface area contributed by atoms with Gasteiger partial charge in [-0.1, -0.05) is 30.3 Å². The van der Waals surface area contributed by atoms with Crippen molar-refractivity contribution >= 4 is 11.9 Å². The van der Waals surface area contributed by atoms with E-state index in [1.54, 1.807) is 16.4 Å². The van der Waals surface area contributed by atoms with Crippen LogP contribution in [-0.2, 0) is 11.3 Å². The molecule has 7 nitrogen and oxygen atoms in total. The Morgan fingerprint density at radius 2 is 1.93 bits per heavy atom. The summed E-state index contributed by atoms with van der Waals surface area (Å²) in [5.41, 5.74) is 0.417. The Balaban J connectivity index is 1.85. The van der Waals surface area contributed by atoms with Crippen LogP contribution in [0.4, 0.5) is 0 Å². The number of carbonyl (C=O) groups excluding carboxylic acids is 2. The van der Waals surface area contributed by atoms with E-state index in [1.165, 1.54) is 6.20 Å². The molecule has 2 aromatic rings. The molecule has 2 aliphatic rings. The van der Waals surface area contributed by atoms with Crippen LogP contribution in [0.25, 0.3) is 0 Å². The minimum absolute atomic E-state index is 0.0364. The number of amides is 1. The summed E-state index contributed by atoms with van der Waals surface area (Å²) < 4.78 is 12.7. The van der Waals surface area contributed by atoms with Crippen LogP contribution < -0.4 is 10.2 Å². The fourth-order valence-electron chi connectivity index (χ4n) is 4.03. The lowest BCUT2D eigenvalue weighted by Gasteiger charge is -2.26. The number of hydrogen-bond donors (Lipinski definition) is 0. The van der Waals surface area contributed by atoms with Crippen molar-refractivity contribution in [2.45, 2.75) is 38.8 Å². The van der Waals surface area contributed by atoms with Gasteiger partial charge in [0.05, 0.1) is 6.61 Å². The van der Waals surface area contributed by atoms with Crippen molar-refractivity contribution in [1.82, 2.24) is 9.47 Å². The summed E-state index contributed by atoms with van der Waals surface area (Å²) in [5, 5.41) is 0. The van der Waals surface area contributed by atoms with Crippen molar-refractivity contribution in [2.75, 3.05) is 19.7 Å². The van der Waals surface area contributed by atoms with Gasteiger partial charge in [0.2, 0.25) is 5.43 Å². The molecule has 2 aliphatic heterocycles. The SMILES string of the molecule is CCOC(=O)c1cn2c(c(OCc3ccccc3)c1=O)C(=O)N1CCCC2CC1. The number of nitrogens with zero attached hydrogens (tertiary/aromatic N) is 2. The third-order valence-corrected chi connectivity index (χ3v) is 5.49. The van der Waals surface area contributed by atoms with E-state index in [1.807, 2.05) is 30.3 Å². The van der Waals surface area contributed by atoms with Crippen LogP contribution in [0.2, 0.25) is 0 Å². The first kappa shape index (κ1) is 19.2. The molecule has 1 atom stereocenters. The van der Waals surface area contributed by atoms with E-state index in [0.717, 1.165) is 24.8 Å². The molecular weight excluding hydrogens is 372 g/mol. The van der Waals surface area contributed by atoms with Crippen molar-refractivity contribution < 1.29 is 19.1 Å². The molecule has 2 bridgehead atoms.